The smallest absolute Gasteiger partial charge is 0.124 e. The molecule has 0 spiro atoms. The highest BCUT2D eigenvalue weighted by molar-refractivity contribution is 6.35. The molecule has 0 saturated heterocycles. The van der Waals surface area contributed by atoms with Gasteiger partial charge in [0.15, 0.2) is 0 Å². The van der Waals surface area contributed by atoms with Crippen molar-refractivity contribution >= 4 is 23.2 Å². The van der Waals surface area contributed by atoms with Crippen molar-refractivity contribution in [2.75, 3.05) is 0 Å². The SMILES string of the molecule is CC[C@@H](N)c1ccccc1OCc1ccc(Cl)cc1Cl. The molecule has 0 heterocycles. The van der Waals surface area contributed by atoms with E-state index in [4.69, 9.17) is 33.7 Å². The second-order valence-electron chi connectivity index (χ2n) is 4.58. The second kappa shape index (κ2) is 6.98. The van der Waals surface area contributed by atoms with Crippen LogP contribution in [-0.4, -0.2) is 0 Å². The molecule has 0 aliphatic rings. The van der Waals surface area contributed by atoms with Gasteiger partial charge in [-0.05, 0) is 24.6 Å². The first-order chi connectivity index (χ1) is 9.61. The van der Waals surface area contributed by atoms with E-state index >= 15 is 0 Å². The van der Waals surface area contributed by atoms with E-state index in [1.165, 1.54) is 0 Å². The van der Waals surface area contributed by atoms with Crippen LogP contribution in [0.15, 0.2) is 42.5 Å². The molecule has 2 aromatic rings. The number of para-hydroxylation sites is 1. The van der Waals surface area contributed by atoms with E-state index in [9.17, 15) is 0 Å². The Bertz CT molecular complexity index is 586. The van der Waals surface area contributed by atoms with Crippen LogP contribution >= 0.6 is 23.2 Å². The molecule has 106 valence electrons. The summed E-state index contributed by atoms with van der Waals surface area (Å²) in [5, 5.41) is 1.22. The van der Waals surface area contributed by atoms with Gasteiger partial charge < -0.3 is 10.5 Å². The predicted octanol–water partition coefficient (Wildman–Crippen LogP) is 4.98. The van der Waals surface area contributed by atoms with Gasteiger partial charge in [0, 0.05) is 27.2 Å². The average Bonchev–Trinajstić information content (AvgIpc) is 2.46. The number of hydrogen-bond donors (Lipinski definition) is 1. The van der Waals surface area contributed by atoms with Crippen LogP contribution in [0, 0.1) is 0 Å². The Labute approximate surface area is 129 Å². The third-order valence-corrected chi connectivity index (χ3v) is 3.74. The van der Waals surface area contributed by atoms with Crippen LogP contribution in [0.4, 0.5) is 0 Å². The number of hydrogen-bond acceptors (Lipinski definition) is 2. The summed E-state index contributed by atoms with van der Waals surface area (Å²) in [6.45, 7) is 2.45. The zero-order valence-corrected chi connectivity index (χ0v) is 12.8. The van der Waals surface area contributed by atoms with Gasteiger partial charge in [-0.15, -0.1) is 0 Å². The fraction of sp³-hybridized carbons (Fsp3) is 0.250. The maximum absolute atomic E-state index is 6.14. The van der Waals surface area contributed by atoms with Crippen LogP contribution in [0.5, 0.6) is 5.75 Å². The molecular weight excluding hydrogens is 293 g/mol. The minimum Gasteiger partial charge on any atom is -0.489 e. The zero-order valence-electron chi connectivity index (χ0n) is 11.3. The minimum atomic E-state index is -0.0214. The van der Waals surface area contributed by atoms with Crippen molar-refractivity contribution < 1.29 is 4.74 Å². The molecule has 0 fully saturated rings. The molecule has 4 heteroatoms. The van der Waals surface area contributed by atoms with Gasteiger partial charge in [-0.25, -0.2) is 0 Å². The van der Waals surface area contributed by atoms with Gasteiger partial charge in [0.2, 0.25) is 0 Å². The minimum absolute atomic E-state index is 0.0214. The molecule has 2 N–H and O–H groups in total. The molecule has 0 aromatic heterocycles. The first-order valence-corrected chi connectivity index (χ1v) is 7.28. The Balaban J connectivity index is 2.15. The van der Waals surface area contributed by atoms with E-state index in [1.807, 2.05) is 30.3 Å². The van der Waals surface area contributed by atoms with E-state index in [0.29, 0.717) is 16.7 Å². The van der Waals surface area contributed by atoms with Crippen molar-refractivity contribution in [2.45, 2.75) is 26.0 Å². The highest BCUT2D eigenvalue weighted by Crippen LogP contribution is 2.27. The van der Waals surface area contributed by atoms with Crippen LogP contribution in [0.3, 0.4) is 0 Å². The lowest BCUT2D eigenvalue weighted by Gasteiger charge is -2.16. The summed E-state index contributed by atoms with van der Waals surface area (Å²) in [5.41, 5.74) is 8.00. The van der Waals surface area contributed by atoms with Gasteiger partial charge >= 0.3 is 0 Å². The molecule has 2 aromatic carbocycles. The maximum Gasteiger partial charge on any atom is 0.124 e. The number of rotatable bonds is 5. The summed E-state index contributed by atoms with van der Waals surface area (Å²) in [7, 11) is 0. The van der Waals surface area contributed by atoms with Crippen LogP contribution in [-0.2, 0) is 6.61 Å². The molecule has 0 aliphatic heterocycles. The number of benzene rings is 2. The summed E-state index contributed by atoms with van der Waals surface area (Å²) >= 11 is 12.0. The lowest BCUT2D eigenvalue weighted by Crippen LogP contribution is -2.10. The molecule has 0 bridgehead atoms. The molecule has 0 aliphatic carbocycles. The topological polar surface area (TPSA) is 35.2 Å². The quantitative estimate of drug-likeness (QED) is 0.845. The Morgan fingerprint density at radius 3 is 2.60 bits per heavy atom. The molecule has 20 heavy (non-hydrogen) atoms. The molecule has 0 amide bonds. The van der Waals surface area contributed by atoms with Crippen LogP contribution < -0.4 is 10.5 Å². The van der Waals surface area contributed by atoms with Crippen molar-refractivity contribution in [1.82, 2.24) is 0 Å². The van der Waals surface area contributed by atoms with E-state index in [0.717, 1.165) is 23.3 Å². The van der Waals surface area contributed by atoms with Gasteiger partial charge in [0.25, 0.3) is 0 Å². The van der Waals surface area contributed by atoms with Crippen molar-refractivity contribution in [2.24, 2.45) is 5.73 Å². The standard InChI is InChI=1S/C16H17Cl2NO/c1-2-15(19)13-5-3-4-6-16(13)20-10-11-7-8-12(17)9-14(11)18/h3-9,15H,2,10,19H2,1H3/t15-/m1/s1. The first-order valence-electron chi connectivity index (χ1n) is 6.53. The van der Waals surface area contributed by atoms with Gasteiger partial charge in [-0.2, -0.15) is 0 Å². The molecule has 2 nitrogen and oxygen atoms in total. The summed E-state index contributed by atoms with van der Waals surface area (Å²) in [4.78, 5) is 0. The zero-order chi connectivity index (χ0) is 14.5. The fourth-order valence-corrected chi connectivity index (χ4v) is 2.40. The third kappa shape index (κ3) is 3.66. The fourth-order valence-electron chi connectivity index (χ4n) is 1.93. The first kappa shape index (κ1) is 15.2. The van der Waals surface area contributed by atoms with Crippen molar-refractivity contribution in [3.05, 3.63) is 63.6 Å². The molecule has 0 unspecified atom stereocenters. The van der Waals surface area contributed by atoms with Crippen LogP contribution in [0.2, 0.25) is 10.0 Å². The Morgan fingerprint density at radius 2 is 1.90 bits per heavy atom. The lowest BCUT2D eigenvalue weighted by atomic mass is 10.0. The largest absolute Gasteiger partial charge is 0.489 e. The van der Waals surface area contributed by atoms with E-state index in [2.05, 4.69) is 6.92 Å². The predicted molar refractivity (Wildman–Crippen MR) is 84.5 cm³/mol. The highest BCUT2D eigenvalue weighted by atomic mass is 35.5. The Hall–Kier alpha value is -1.22. The third-order valence-electron chi connectivity index (χ3n) is 3.16. The molecule has 1 atom stereocenters. The second-order valence-corrected chi connectivity index (χ2v) is 5.42. The van der Waals surface area contributed by atoms with Crippen molar-refractivity contribution in [1.29, 1.82) is 0 Å². The molecule has 0 saturated carbocycles. The molecule has 0 radical (unpaired) electrons. The van der Waals surface area contributed by atoms with Gasteiger partial charge in [-0.1, -0.05) is 54.4 Å². The number of ether oxygens (including phenoxy) is 1. The maximum atomic E-state index is 6.14. The Kier molecular flexibility index (Phi) is 5.30. The van der Waals surface area contributed by atoms with Gasteiger partial charge in [0.1, 0.15) is 12.4 Å². The van der Waals surface area contributed by atoms with E-state index < -0.39 is 0 Å². The monoisotopic (exact) mass is 309 g/mol. The lowest BCUT2D eigenvalue weighted by molar-refractivity contribution is 0.301. The highest BCUT2D eigenvalue weighted by Gasteiger charge is 2.10. The summed E-state index contributed by atoms with van der Waals surface area (Å²) in [6.07, 6.45) is 0.863. The van der Waals surface area contributed by atoms with E-state index in [-0.39, 0.29) is 6.04 Å². The van der Waals surface area contributed by atoms with Crippen molar-refractivity contribution in [3.63, 3.8) is 0 Å². The van der Waals surface area contributed by atoms with E-state index in [1.54, 1.807) is 12.1 Å². The van der Waals surface area contributed by atoms with Crippen LogP contribution in [0.25, 0.3) is 0 Å². The normalized spacial score (nSPS) is 12.2. The van der Waals surface area contributed by atoms with Crippen LogP contribution in [0.1, 0.15) is 30.5 Å². The number of nitrogens with two attached hydrogens (primary N) is 1. The summed E-state index contributed by atoms with van der Waals surface area (Å²) in [5.74, 6) is 0.799. The average molecular weight is 310 g/mol. The summed E-state index contributed by atoms with van der Waals surface area (Å²) in [6, 6.07) is 13.2. The summed E-state index contributed by atoms with van der Waals surface area (Å²) < 4.78 is 5.86. The van der Waals surface area contributed by atoms with Gasteiger partial charge in [0.05, 0.1) is 0 Å². The van der Waals surface area contributed by atoms with Gasteiger partial charge in [-0.3, -0.25) is 0 Å². The number of halogens is 2. The Morgan fingerprint density at radius 1 is 1.15 bits per heavy atom. The van der Waals surface area contributed by atoms with Crippen molar-refractivity contribution in [3.8, 4) is 5.75 Å². The molecular formula is C16H17Cl2NO. The molecule has 2 rings (SSSR count).